The summed E-state index contributed by atoms with van der Waals surface area (Å²) in [5.41, 5.74) is 2.77. The van der Waals surface area contributed by atoms with Crippen LogP contribution in [-0.2, 0) is 0 Å². The molecular weight excluding hydrogens is 162 g/mol. The minimum Gasteiger partial charge on any atom is -0.281 e. The maximum Gasteiger partial charge on any atom is 0.103 e. The summed E-state index contributed by atoms with van der Waals surface area (Å²) in [6, 6.07) is 2.25. The molecule has 1 fully saturated rings. The summed E-state index contributed by atoms with van der Waals surface area (Å²) in [5, 5.41) is 16.2. The van der Waals surface area contributed by atoms with Gasteiger partial charge in [-0.15, -0.1) is 0 Å². The van der Waals surface area contributed by atoms with E-state index in [0.717, 1.165) is 17.0 Å². The first-order valence-electron chi connectivity index (χ1n) is 4.72. The average Bonchev–Trinajstić information content (AvgIpc) is 2.84. The molecule has 1 aromatic heterocycles. The number of aromatic nitrogens is 2. The van der Waals surface area contributed by atoms with Gasteiger partial charge in [0.2, 0.25) is 0 Å². The summed E-state index contributed by atoms with van der Waals surface area (Å²) in [6.07, 6.45) is 2.41. The molecule has 1 aliphatic carbocycles. The van der Waals surface area contributed by atoms with Gasteiger partial charge in [0.05, 0.1) is 17.0 Å². The molecule has 0 bridgehead atoms. The molecule has 0 saturated heterocycles. The van der Waals surface area contributed by atoms with Crippen molar-refractivity contribution in [3.63, 3.8) is 0 Å². The van der Waals surface area contributed by atoms with E-state index in [0.29, 0.717) is 11.8 Å². The van der Waals surface area contributed by atoms with Gasteiger partial charge in [-0.3, -0.25) is 5.10 Å². The summed E-state index contributed by atoms with van der Waals surface area (Å²) < 4.78 is 0. The molecule has 0 spiro atoms. The Kier molecular flexibility index (Phi) is 1.84. The Morgan fingerprint density at radius 3 is 2.69 bits per heavy atom. The zero-order valence-corrected chi connectivity index (χ0v) is 7.96. The molecular formula is C10H13N3. The third-order valence-electron chi connectivity index (χ3n) is 2.47. The first-order chi connectivity index (χ1) is 6.24. The van der Waals surface area contributed by atoms with Gasteiger partial charge in [-0.25, -0.2) is 0 Å². The van der Waals surface area contributed by atoms with Crippen LogP contribution in [0.3, 0.4) is 0 Å². The number of nitrogens with zero attached hydrogens (tertiary/aromatic N) is 2. The molecule has 0 radical (unpaired) electrons. The molecule has 1 saturated carbocycles. The topological polar surface area (TPSA) is 52.5 Å². The fourth-order valence-electron chi connectivity index (χ4n) is 1.57. The van der Waals surface area contributed by atoms with Crippen LogP contribution in [0.25, 0.3) is 0 Å². The quantitative estimate of drug-likeness (QED) is 0.749. The number of rotatable bonds is 2. The van der Waals surface area contributed by atoms with Crippen molar-refractivity contribution in [3.8, 4) is 6.07 Å². The van der Waals surface area contributed by atoms with Gasteiger partial charge in [0, 0.05) is 5.92 Å². The van der Waals surface area contributed by atoms with Crippen molar-refractivity contribution in [1.29, 1.82) is 5.26 Å². The first-order valence-corrected chi connectivity index (χ1v) is 4.72. The molecule has 3 heteroatoms. The second-order valence-electron chi connectivity index (χ2n) is 3.94. The van der Waals surface area contributed by atoms with Crippen LogP contribution in [0.5, 0.6) is 0 Å². The SMILES string of the molecule is CC(C)c1n[nH]c(C2CC2)c1C#N. The van der Waals surface area contributed by atoms with Crippen LogP contribution in [0.2, 0.25) is 0 Å². The van der Waals surface area contributed by atoms with E-state index in [9.17, 15) is 0 Å². The van der Waals surface area contributed by atoms with Crippen molar-refractivity contribution in [2.24, 2.45) is 0 Å². The van der Waals surface area contributed by atoms with Gasteiger partial charge >= 0.3 is 0 Å². The molecule has 3 nitrogen and oxygen atoms in total. The van der Waals surface area contributed by atoms with E-state index < -0.39 is 0 Å². The summed E-state index contributed by atoms with van der Waals surface area (Å²) in [5.74, 6) is 0.910. The van der Waals surface area contributed by atoms with Crippen molar-refractivity contribution in [3.05, 3.63) is 17.0 Å². The van der Waals surface area contributed by atoms with Gasteiger partial charge in [-0.05, 0) is 18.8 Å². The number of hydrogen-bond acceptors (Lipinski definition) is 2. The Labute approximate surface area is 77.8 Å². The van der Waals surface area contributed by atoms with E-state index in [1.165, 1.54) is 12.8 Å². The minimum absolute atomic E-state index is 0.332. The lowest BCUT2D eigenvalue weighted by Gasteiger charge is -1.99. The van der Waals surface area contributed by atoms with Gasteiger partial charge < -0.3 is 0 Å². The lowest BCUT2D eigenvalue weighted by atomic mass is 10.0. The third-order valence-corrected chi connectivity index (χ3v) is 2.47. The molecule has 68 valence electrons. The molecule has 0 amide bonds. The van der Waals surface area contributed by atoms with Gasteiger partial charge in [-0.1, -0.05) is 13.8 Å². The monoisotopic (exact) mass is 175 g/mol. The molecule has 13 heavy (non-hydrogen) atoms. The second-order valence-corrected chi connectivity index (χ2v) is 3.94. The highest BCUT2D eigenvalue weighted by Gasteiger charge is 2.30. The van der Waals surface area contributed by atoms with Crippen LogP contribution in [-0.4, -0.2) is 10.2 Å². The highest BCUT2D eigenvalue weighted by Crippen LogP contribution is 2.41. The molecule has 0 atom stereocenters. The Balaban J connectivity index is 2.43. The van der Waals surface area contributed by atoms with E-state index in [1.807, 2.05) is 0 Å². The smallest absolute Gasteiger partial charge is 0.103 e. The van der Waals surface area contributed by atoms with Gasteiger partial charge in [0.25, 0.3) is 0 Å². The van der Waals surface area contributed by atoms with Crippen LogP contribution < -0.4 is 0 Å². The second kappa shape index (κ2) is 2.88. The molecule has 1 heterocycles. The van der Waals surface area contributed by atoms with E-state index in [4.69, 9.17) is 5.26 Å². The number of hydrogen-bond donors (Lipinski definition) is 1. The van der Waals surface area contributed by atoms with Crippen molar-refractivity contribution < 1.29 is 0 Å². The summed E-state index contributed by atoms with van der Waals surface area (Å²) in [6.45, 7) is 4.13. The fourth-order valence-corrected chi connectivity index (χ4v) is 1.57. The zero-order chi connectivity index (χ0) is 9.42. The summed E-state index contributed by atoms with van der Waals surface area (Å²) in [7, 11) is 0. The molecule has 1 N–H and O–H groups in total. The number of nitriles is 1. The fraction of sp³-hybridized carbons (Fsp3) is 0.600. The Bertz CT molecular complexity index is 333. The van der Waals surface area contributed by atoms with E-state index in [2.05, 4.69) is 30.1 Å². The zero-order valence-electron chi connectivity index (χ0n) is 7.96. The number of nitrogens with one attached hydrogen (secondary N) is 1. The van der Waals surface area contributed by atoms with Crippen molar-refractivity contribution in [2.75, 3.05) is 0 Å². The Morgan fingerprint density at radius 2 is 2.23 bits per heavy atom. The summed E-state index contributed by atoms with van der Waals surface area (Å²) >= 11 is 0. The maximum absolute atomic E-state index is 9.00. The predicted octanol–water partition coefficient (Wildman–Crippen LogP) is 2.28. The Morgan fingerprint density at radius 1 is 1.54 bits per heavy atom. The van der Waals surface area contributed by atoms with Crippen LogP contribution >= 0.6 is 0 Å². The van der Waals surface area contributed by atoms with Crippen LogP contribution in [0.4, 0.5) is 0 Å². The lowest BCUT2D eigenvalue weighted by molar-refractivity contribution is 0.806. The van der Waals surface area contributed by atoms with Crippen molar-refractivity contribution in [2.45, 2.75) is 38.5 Å². The van der Waals surface area contributed by atoms with E-state index in [-0.39, 0.29) is 0 Å². The lowest BCUT2D eigenvalue weighted by Crippen LogP contribution is -1.91. The highest BCUT2D eigenvalue weighted by molar-refractivity contribution is 5.42. The third kappa shape index (κ3) is 1.33. The maximum atomic E-state index is 9.00. The van der Waals surface area contributed by atoms with E-state index in [1.54, 1.807) is 0 Å². The highest BCUT2D eigenvalue weighted by atomic mass is 15.1. The van der Waals surface area contributed by atoms with E-state index >= 15 is 0 Å². The van der Waals surface area contributed by atoms with Crippen LogP contribution in [0, 0.1) is 11.3 Å². The predicted molar refractivity (Wildman–Crippen MR) is 49.4 cm³/mol. The molecule has 2 rings (SSSR count). The van der Waals surface area contributed by atoms with Gasteiger partial charge in [0.15, 0.2) is 0 Å². The van der Waals surface area contributed by atoms with Gasteiger partial charge in [-0.2, -0.15) is 10.4 Å². The van der Waals surface area contributed by atoms with Gasteiger partial charge in [0.1, 0.15) is 6.07 Å². The minimum atomic E-state index is 0.332. The molecule has 0 unspecified atom stereocenters. The molecule has 0 aromatic carbocycles. The molecule has 1 aromatic rings. The number of H-pyrrole nitrogens is 1. The standard InChI is InChI=1S/C10H13N3/c1-6(2)9-8(5-11)10(13-12-9)7-3-4-7/h6-7H,3-4H2,1-2H3,(H,12,13). The normalized spacial score (nSPS) is 16.2. The first kappa shape index (κ1) is 8.31. The average molecular weight is 175 g/mol. The van der Waals surface area contributed by atoms with Crippen LogP contribution in [0.1, 0.15) is 55.5 Å². The van der Waals surface area contributed by atoms with Crippen molar-refractivity contribution in [1.82, 2.24) is 10.2 Å². The molecule has 1 aliphatic rings. The Hall–Kier alpha value is -1.30. The number of aromatic amines is 1. The van der Waals surface area contributed by atoms with Crippen LogP contribution in [0.15, 0.2) is 0 Å². The molecule has 0 aliphatic heterocycles. The summed E-state index contributed by atoms with van der Waals surface area (Å²) in [4.78, 5) is 0. The largest absolute Gasteiger partial charge is 0.281 e. The van der Waals surface area contributed by atoms with Crippen molar-refractivity contribution >= 4 is 0 Å².